The molecule has 3 heteroatoms. The van der Waals surface area contributed by atoms with Crippen molar-refractivity contribution in [3.05, 3.63) is 22.9 Å². The molecular weight excluding hydrogens is 164 g/mol. The molecule has 1 aliphatic rings. The van der Waals surface area contributed by atoms with Gasteiger partial charge in [0.15, 0.2) is 0 Å². The summed E-state index contributed by atoms with van der Waals surface area (Å²) in [6.45, 7) is 4.80. The number of anilines is 1. The zero-order chi connectivity index (χ0) is 9.42. The number of rotatable bonds is 0. The monoisotopic (exact) mass is 178 g/mol. The summed E-state index contributed by atoms with van der Waals surface area (Å²) in [5.74, 6) is 0.858. The number of nitrogens with one attached hydrogen (secondary N) is 1. The van der Waals surface area contributed by atoms with Gasteiger partial charge in [-0.25, -0.2) is 4.98 Å². The van der Waals surface area contributed by atoms with E-state index in [9.17, 15) is 5.11 Å². The Hall–Kier alpha value is -1.09. The van der Waals surface area contributed by atoms with Crippen molar-refractivity contribution in [3.63, 3.8) is 0 Å². The van der Waals surface area contributed by atoms with Crippen LogP contribution in [0.5, 0.6) is 0 Å². The highest BCUT2D eigenvalue weighted by Gasteiger charge is 2.20. The third-order valence-corrected chi connectivity index (χ3v) is 2.44. The smallest absolute Gasteiger partial charge is 0.132 e. The fourth-order valence-corrected chi connectivity index (χ4v) is 1.87. The van der Waals surface area contributed by atoms with Gasteiger partial charge in [0.25, 0.3) is 0 Å². The quantitative estimate of drug-likeness (QED) is 0.633. The number of nitrogens with zero attached hydrogens (tertiary/aromatic N) is 1. The lowest BCUT2D eigenvalue weighted by molar-refractivity contribution is 0.167. The topological polar surface area (TPSA) is 45.2 Å². The van der Waals surface area contributed by atoms with Gasteiger partial charge in [0.2, 0.25) is 0 Å². The second-order valence-corrected chi connectivity index (χ2v) is 3.57. The number of aliphatic hydroxyl groups excluding tert-OH is 1. The third kappa shape index (κ3) is 1.40. The van der Waals surface area contributed by atoms with Crippen LogP contribution in [0.1, 0.15) is 29.3 Å². The molecule has 0 bridgehead atoms. The Kier molecular flexibility index (Phi) is 1.96. The van der Waals surface area contributed by atoms with Crippen molar-refractivity contribution < 1.29 is 5.11 Å². The predicted molar refractivity (Wildman–Crippen MR) is 51.8 cm³/mol. The molecule has 1 atom stereocenters. The Labute approximate surface area is 77.8 Å². The molecule has 2 heterocycles. The Bertz CT molecular complexity index is 336. The highest BCUT2D eigenvalue weighted by molar-refractivity contribution is 5.52. The minimum Gasteiger partial charge on any atom is -0.388 e. The second-order valence-electron chi connectivity index (χ2n) is 3.57. The van der Waals surface area contributed by atoms with Crippen molar-refractivity contribution in [2.45, 2.75) is 26.4 Å². The lowest BCUT2D eigenvalue weighted by atomic mass is 9.98. The first kappa shape index (κ1) is 8.51. The predicted octanol–water partition coefficient (Wildman–Crippen LogP) is 1.55. The van der Waals surface area contributed by atoms with E-state index >= 15 is 0 Å². The fourth-order valence-electron chi connectivity index (χ4n) is 1.87. The van der Waals surface area contributed by atoms with Crippen LogP contribution in [0, 0.1) is 13.8 Å². The van der Waals surface area contributed by atoms with Gasteiger partial charge >= 0.3 is 0 Å². The van der Waals surface area contributed by atoms with Crippen LogP contribution in [-0.4, -0.2) is 16.6 Å². The molecule has 70 valence electrons. The average molecular weight is 178 g/mol. The van der Waals surface area contributed by atoms with E-state index in [1.54, 1.807) is 0 Å². The highest BCUT2D eigenvalue weighted by atomic mass is 16.3. The van der Waals surface area contributed by atoms with Crippen molar-refractivity contribution in [3.8, 4) is 0 Å². The number of fused-ring (bicyclic) bond motifs is 1. The zero-order valence-corrected chi connectivity index (χ0v) is 7.96. The number of aliphatic hydroxyl groups is 1. The Morgan fingerprint density at radius 3 is 3.08 bits per heavy atom. The van der Waals surface area contributed by atoms with Gasteiger partial charge in [-0.2, -0.15) is 0 Å². The molecule has 1 aromatic heterocycles. The van der Waals surface area contributed by atoms with Gasteiger partial charge in [0.05, 0.1) is 6.10 Å². The van der Waals surface area contributed by atoms with E-state index in [1.807, 2.05) is 19.9 Å². The Morgan fingerprint density at radius 2 is 2.31 bits per heavy atom. The van der Waals surface area contributed by atoms with Crippen molar-refractivity contribution in [2.24, 2.45) is 0 Å². The van der Waals surface area contributed by atoms with Crippen LogP contribution >= 0.6 is 0 Å². The molecule has 0 spiro atoms. The van der Waals surface area contributed by atoms with Gasteiger partial charge in [-0.05, 0) is 31.9 Å². The number of hydrogen-bond donors (Lipinski definition) is 2. The van der Waals surface area contributed by atoms with E-state index in [4.69, 9.17) is 0 Å². The van der Waals surface area contributed by atoms with Crippen molar-refractivity contribution in [1.82, 2.24) is 4.98 Å². The molecule has 1 aromatic rings. The summed E-state index contributed by atoms with van der Waals surface area (Å²) in [7, 11) is 0. The van der Waals surface area contributed by atoms with Crippen LogP contribution in [0.4, 0.5) is 5.82 Å². The minimum atomic E-state index is -0.343. The molecule has 0 radical (unpaired) electrons. The van der Waals surface area contributed by atoms with Gasteiger partial charge in [-0.1, -0.05) is 0 Å². The highest BCUT2D eigenvalue weighted by Crippen LogP contribution is 2.30. The summed E-state index contributed by atoms with van der Waals surface area (Å²) >= 11 is 0. The second kappa shape index (κ2) is 3.00. The van der Waals surface area contributed by atoms with Crippen molar-refractivity contribution in [1.29, 1.82) is 0 Å². The summed E-state index contributed by atoms with van der Waals surface area (Å²) in [6.07, 6.45) is 0.433. The molecule has 2 rings (SSSR count). The van der Waals surface area contributed by atoms with E-state index in [0.717, 1.165) is 35.6 Å². The molecule has 0 aliphatic carbocycles. The van der Waals surface area contributed by atoms with Crippen LogP contribution in [0.25, 0.3) is 0 Å². The van der Waals surface area contributed by atoms with E-state index in [-0.39, 0.29) is 6.10 Å². The fraction of sp³-hybridized carbons (Fsp3) is 0.500. The van der Waals surface area contributed by atoms with E-state index < -0.39 is 0 Å². The van der Waals surface area contributed by atoms with Gasteiger partial charge in [0.1, 0.15) is 5.82 Å². The summed E-state index contributed by atoms with van der Waals surface area (Å²) in [6, 6.07) is 2.01. The van der Waals surface area contributed by atoms with E-state index in [2.05, 4.69) is 10.3 Å². The van der Waals surface area contributed by atoms with Gasteiger partial charge in [0, 0.05) is 17.8 Å². The maximum Gasteiger partial charge on any atom is 0.132 e. The van der Waals surface area contributed by atoms with E-state index in [1.165, 1.54) is 0 Å². The minimum absolute atomic E-state index is 0.343. The normalized spacial score (nSPS) is 20.7. The first-order valence-electron chi connectivity index (χ1n) is 4.58. The largest absolute Gasteiger partial charge is 0.388 e. The third-order valence-electron chi connectivity index (χ3n) is 2.44. The standard InChI is InChI=1S/C10H14N2O/c1-6-5-7(2)12-10-9(6)8(13)3-4-11-10/h5,8,13H,3-4H2,1-2H3,(H,11,12)/t8-/m1/s1. The summed E-state index contributed by atoms with van der Waals surface area (Å²) < 4.78 is 0. The van der Waals surface area contributed by atoms with Crippen LogP contribution in [0.3, 0.4) is 0 Å². The van der Waals surface area contributed by atoms with Gasteiger partial charge < -0.3 is 10.4 Å². The van der Waals surface area contributed by atoms with Gasteiger partial charge in [-0.3, -0.25) is 0 Å². The molecule has 2 N–H and O–H groups in total. The molecule has 0 amide bonds. The summed E-state index contributed by atoms with van der Waals surface area (Å²) in [5, 5.41) is 13.0. The molecule has 0 aromatic carbocycles. The molecule has 3 nitrogen and oxygen atoms in total. The maximum absolute atomic E-state index is 9.75. The van der Waals surface area contributed by atoms with Crippen LogP contribution in [-0.2, 0) is 0 Å². The summed E-state index contributed by atoms with van der Waals surface area (Å²) in [4.78, 5) is 4.35. The number of aromatic nitrogens is 1. The molecular formula is C10H14N2O. The molecule has 0 unspecified atom stereocenters. The van der Waals surface area contributed by atoms with Crippen LogP contribution < -0.4 is 5.32 Å². The van der Waals surface area contributed by atoms with Crippen LogP contribution in [0.15, 0.2) is 6.07 Å². The molecule has 0 fully saturated rings. The number of pyridine rings is 1. The molecule has 0 saturated heterocycles. The average Bonchev–Trinajstić information content (AvgIpc) is 2.02. The van der Waals surface area contributed by atoms with Gasteiger partial charge in [-0.15, -0.1) is 0 Å². The van der Waals surface area contributed by atoms with Crippen molar-refractivity contribution in [2.75, 3.05) is 11.9 Å². The Morgan fingerprint density at radius 1 is 1.54 bits per heavy atom. The lowest BCUT2D eigenvalue weighted by Gasteiger charge is -2.24. The number of hydrogen-bond acceptors (Lipinski definition) is 3. The Balaban J connectivity index is 2.56. The lowest BCUT2D eigenvalue weighted by Crippen LogP contribution is -2.19. The SMILES string of the molecule is Cc1cc(C)c2c(n1)NCC[C@H]2O. The van der Waals surface area contributed by atoms with Crippen LogP contribution in [0.2, 0.25) is 0 Å². The first-order chi connectivity index (χ1) is 6.18. The number of aryl methyl sites for hydroxylation is 2. The van der Waals surface area contributed by atoms with Crippen molar-refractivity contribution >= 4 is 5.82 Å². The molecule has 13 heavy (non-hydrogen) atoms. The molecule has 0 saturated carbocycles. The zero-order valence-electron chi connectivity index (χ0n) is 7.96. The molecule has 1 aliphatic heterocycles. The maximum atomic E-state index is 9.75. The summed E-state index contributed by atoms with van der Waals surface area (Å²) in [5.41, 5.74) is 3.09. The first-order valence-corrected chi connectivity index (χ1v) is 4.58. The van der Waals surface area contributed by atoms with E-state index in [0.29, 0.717) is 0 Å².